The Morgan fingerprint density at radius 2 is 2.00 bits per heavy atom. The van der Waals surface area contributed by atoms with E-state index in [4.69, 9.17) is 0 Å². The number of para-hydroxylation sites is 1. The molecule has 0 spiro atoms. The van der Waals surface area contributed by atoms with Gasteiger partial charge >= 0.3 is 0 Å². The molecule has 2 aromatic heterocycles. The molecule has 29 heavy (non-hydrogen) atoms. The maximum atomic E-state index is 13.2. The summed E-state index contributed by atoms with van der Waals surface area (Å²) < 4.78 is 1.42. The first-order valence-electron chi connectivity index (χ1n) is 9.55. The fourth-order valence-electron chi connectivity index (χ4n) is 3.70. The normalized spacial score (nSPS) is 16.8. The van der Waals surface area contributed by atoms with Gasteiger partial charge in [-0.2, -0.15) is 0 Å². The summed E-state index contributed by atoms with van der Waals surface area (Å²) in [5, 5.41) is 3.43. The van der Waals surface area contributed by atoms with Crippen molar-refractivity contribution in [2.75, 3.05) is 18.4 Å². The van der Waals surface area contributed by atoms with Crippen molar-refractivity contribution >= 4 is 39.1 Å². The zero-order chi connectivity index (χ0) is 20.5. The molecule has 2 amide bonds. The van der Waals surface area contributed by atoms with Gasteiger partial charge in [-0.05, 0) is 37.5 Å². The minimum atomic E-state index is -0.256. The van der Waals surface area contributed by atoms with E-state index in [2.05, 4.69) is 10.3 Å². The molecule has 150 valence electrons. The standard InChI is InChI=1S/C21H22N4O3S/c1-13-16-19(22-12-24(2)20(16)27)29-17(13)21(28)25-10-6-7-14(11-25)18(26)23-15-8-4-3-5-9-15/h3-5,8-9,12,14H,6-7,10-11H2,1-2H3,(H,23,26)/t14-/m1/s1. The molecule has 1 aliphatic heterocycles. The highest BCUT2D eigenvalue weighted by Gasteiger charge is 2.31. The summed E-state index contributed by atoms with van der Waals surface area (Å²) in [5.74, 6) is -0.462. The minimum Gasteiger partial charge on any atom is -0.337 e. The van der Waals surface area contributed by atoms with Crippen LogP contribution in [0.15, 0.2) is 41.5 Å². The summed E-state index contributed by atoms with van der Waals surface area (Å²) in [7, 11) is 1.65. The molecule has 1 aliphatic rings. The van der Waals surface area contributed by atoms with Crippen LogP contribution >= 0.6 is 11.3 Å². The van der Waals surface area contributed by atoms with E-state index in [0.29, 0.717) is 33.7 Å². The molecule has 1 atom stereocenters. The fraction of sp³-hybridized carbons (Fsp3) is 0.333. The number of anilines is 1. The third kappa shape index (κ3) is 3.67. The van der Waals surface area contributed by atoms with Crippen LogP contribution in [0, 0.1) is 12.8 Å². The van der Waals surface area contributed by atoms with Crippen molar-refractivity contribution in [3.8, 4) is 0 Å². The summed E-state index contributed by atoms with van der Waals surface area (Å²) in [5.41, 5.74) is 1.27. The number of carbonyl (C=O) groups is 2. The van der Waals surface area contributed by atoms with Gasteiger partial charge in [0, 0.05) is 25.8 Å². The van der Waals surface area contributed by atoms with Gasteiger partial charge in [-0.3, -0.25) is 14.4 Å². The van der Waals surface area contributed by atoms with E-state index in [0.717, 1.165) is 18.5 Å². The summed E-state index contributed by atoms with van der Waals surface area (Å²) in [6, 6.07) is 9.32. The lowest BCUT2D eigenvalue weighted by molar-refractivity contribution is -0.121. The van der Waals surface area contributed by atoms with Crippen molar-refractivity contribution in [2.45, 2.75) is 19.8 Å². The van der Waals surface area contributed by atoms with Crippen LogP contribution in [0.1, 0.15) is 28.1 Å². The molecule has 0 radical (unpaired) electrons. The Morgan fingerprint density at radius 3 is 2.76 bits per heavy atom. The van der Waals surface area contributed by atoms with Gasteiger partial charge in [0.1, 0.15) is 4.83 Å². The van der Waals surface area contributed by atoms with Crippen LogP contribution in [0.2, 0.25) is 0 Å². The second kappa shape index (κ2) is 7.79. The number of likely N-dealkylation sites (tertiary alicyclic amines) is 1. The molecule has 1 saturated heterocycles. The molecular formula is C21H22N4O3S. The molecule has 4 rings (SSSR count). The Bertz CT molecular complexity index is 1140. The maximum Gasteiger partial charge on any atom is 0.264 e. The monoisotopic (exact) mass is 410 g/mol. The molecule has 0 bridgehead atoms. The van der Waals surface area contributed by atoms with Crippen molar-refractivity contribution in [3.05, 3.63) is 57.5 Å². The zero-order valence-electron chi connectivity index (χ0n) is 16.3. The molecular weight excluding hydrogens is 388 g/mol. The number of nitrogens with one attached hydrogen (secondary N) is 1. The van der Waals surface area contributed by atoms with Crippen LogP contribution in [-0.4, -0.2) is 39.4 Å². The van der Waals surface area contributed by atoms with Crippen LogP contribution < -0.4 is 10.9 Å². The molecule has 3 heterocycles. The topological polar surface area (TPSA) is 84.3 Å². The van der Waals surface area contributed by atoms with Gasteiger partial charge in [0.05, 0.1) is 22.5 Å². The quantitative estimate of drug-likeness (QED) is 0.720. The lowest BCUT2D eigenvalue weighted by Crippen LogP contribution is -2.43. The highest BCUT2D eigenvalue weighted by atomic mass is 32.1. The molecule has 3 aromatic rings. The fourth-order valence-corrected chi connectivity index (χ4v) is 4.81. The van der Waals surface area contributed by atoms with Gasteiger partial charge in [0.25, 0.3) is 11.5 Å². The number of thiophene rings is 1. The lowest BCUT2D eigenvalue weighted by Gasteiger charge is -2.32. The van der Waals surface area contributed by atoms with Crippen LogP contribution in [-0.2, 0) is 11.8 Å². The number of hydrogen-bond donors (Lipinski definition) is 1. The van der Waals surface area contributed by atoms with Crippen LogP contribution in [0.3, 0.4) is 0 Å². The highest BCUT2D eigenvalue weighted by Crippen LogP contribution is 2.29. The van der Waals surface area contributed by atoms with Gasteiger partial charge in [-0.25, -0.2) is 4.98 Å². The van der Waals surface area contributed by atoms with E-state index in [1.54, 1.807) is 18.9 Å². The van der Waals surface area contributed by atoms with Crippen molar-refractivity contribution in [1.29, 1.82) is 0 Å². The Balaban J connectivity index is 1.54. The van der Waals surface area contributed by atoms with Gasteiger partial charge in [-0.1, -0.05) is 18.2 Å². The number of hydrogen-bond acceptors (Lipinski definition) is 5. The van der Waals surface area contributed by atoms with Crippen molar-refractivity contribution in [3.63, 3.8) is 0 Å². The van der Waals surface area contributed by atoms with Gasteiger partial charge in [0.15, 0.2) is 0 Å². The number of rotatable bonds is 3. The number of benzene rings is 1. The van der Waals surface area contributed by atoms with E-state index in [1.165, 1.54) is 22.2 Å². The maximum absolute atomic E-state index is 13.2. The van der Waals surface area contributed by atoms with Crippen LogP contribution in [0.5, 0.6) is 0 Å². The second-order valence-corrected chi connectivity index (χ2v) is 8.34. The summed E-state index contributed by atoms with van der Waals surface area (Å²) in [4.78, 5) is 45.4. The van der Waals surface area contributed by atoms with E-state index in [-0.39, 0.29) is 23.3 Å². The van der Waals surface area contributed by atoms with E-state index in [9.17, 15) is 14.4 Å². The van der Waals surface area contributed by atoms with Gasteiger partial charge < -0.3 is 14.8 Å². The third-order valence-electron chi connectivity index (χ3n) is 5.33. The Kier molecular flexibility index (Phi) is 5.19. The van der Waals surface area contributed by atoms with Crippen LogP contribution in [0.25, 0.3) is 10.2 Å². The summed E-state index contributed by atoms with van der Waals surface area (Å²) >= 11 is 1.24. The van der Waals surface area contributed by atoms with Crippen molar-refractivity contribution in [1.82, 2.24) is 14.5 Å². The Hall–Kier alpha value is -3.00. The average molecular weight is 410 g/mol. The second-order valence-electron chi connectivity index (χ2n) is 7.34. The lowest BCUT2D eigenvalue weighted by atomic mass is 9.96. The smallest absolute Gasteiger partial charge is 0.264 e. The van der Waals surface area contributed by atoms with Gasteiger partial charge in [0.2, 0.25) is 5.91 Å². The summed E-state index contributed by atoms with van der Waals surface area (Å²) in [6.45, 7) is 2.77. The molecule has 0 saturated carbocycles. The predicted molar refractivity (Wildman–Crippen MR) is 113 cm³/mol. The van der Waals surface area contributed by atoms with Crippen molar-refractivity contribution in [2.24, 2.45) is 13.0 Å². The van der Waals surface area contributed by atoms with Gasteiger partial charge in [-0.15, -0.1) is 11.3 Å². The Labute approximate surface area is 172 Å². The number of amides is 2. The minimum absolute atomic E-state index is 0.0719. The molecule has 1 N–H and O–H groups in total. The third-order valence-corrected chi connectivity index (χ3v) is 6.51. The largest absolute Gasteiger partial charge is 0.337 e. The first-order chi connectivity index (χ1) is 14.0. The molecule has 0 aliphatic carbocycles. The molecule has 0 unspecified atom stereocenters. The highest BCUT2D eigenvalue weighted by molar-refractivity contribution is 7.20. The van der Waals surface area contributed by atoms with E-state index >= 15 is 0 Å². The van der Waals surface area contributed by atoms with Crippen molar-refractivity contribution < 1.29 is 9.59 Å². The number of aromatic nitrogens is 2. The number of aryl methyl sites for hydroxylation is 2. The van der Waals surface area contributed by atoms with Crippen LogP contribution in [0.4, 0.5) is 5.69 Å². The predicted octanol–water partition coefficient (Wildman–Crippen LogP) is 2.79. The first kappa shape index (κ1) is 19.3. The molecule has 8 heteroatoms. The molecule has 1 fully saturated rings. The number of carbonyl (C=O) groups excluding carboxylic acids is 2. The van der Waals surface area contributed by atoms with E-state index < -0.39 is 0 Å². The molecule has 7 nitrogen and oxygen atoms in total. The first-order valence-corrected chi connectivity index (χ1v) is 10.4. The zero-order valence-corrected chi connectivity index (χ0v) is 17.2. The summed E-state index contributed by atoms with van der Waals surface area (Å²) in [6.07, 6.45) is 2.98. The number of piperidine rings is 1. The number of fused-ring (bicyclic) bond motifs is 1. The average Bonchev–Trinajstić information content (AvgIpc) is 3.08. The molecule has 1 aromatic carbocycles. The SMILES string of the molecule is Cc1c(C(=O)N2CCC[C@@H](C(=O)Nc3ccccc3)C2)sc2ncn(C)c(=O)c12. The van der Waals surface area contributed by atoms with E-state index in [1.807, 2.05) is 30.3 Å². The number of nitrogens with zero attached hydrogens (tertiary/aromatic N) is 3. The Morgan fingerprint density at radius 1 is 1.24 bits per heavy atom.